The number of carbonyl (C=O) groups excluding carboxylic acids is 1. The highest BCUT2D eigenvalue weighted by molar-refractivity contribution is 5.81. The molecule has 1 atom stereocenters. The summed E-state index contributed by atoms with van der Waals surface area (Å²) < 4.78 is 5.92. The van der Waals surface area contributed by atoms with Crippen LogP contribution < -0.4 is 5.32 Å². The summed E-state index contributed by atoms with van der Waals surface area (Å²) in [6.07, 6.45) is 8.54. The third-order valence-corrected chi connectivity index (χ3v) is 4.37. The molecule has 2 aliphatic carbocycles. The topological polar surface area (TPSA) is 58.6 Å². The summed E-state index contributed by atoms with van der Waals surface area (Å²) in [6, 6.07) is 0.220. The van der Waals surface area contributed by atoms with Gasteiger partial charge in [0.25, 0.3) is 0 Å². The minimum atomic E-state index is -0.296. The van der Waals surface area contributed by atoms with Crippen molar-refractivity contribution >= 4 is 5.91 Å². The Hall–Kier alpha value is -0.610. The Bertz CT molecular complexity index is 281. The molecule has 2 N–H and O–H groups in total. The van der Waals surface area contributed by atoms with Gasteiger partial charge in [-0.25, -0.2) is 0 Å². The number of rotatable bonds is 5. The van der Waals surface area contributed by atoms with Crippen molar-refractivity contribution < 1.29 is 14.6 Å². The van der Waals surface area contributed by atoms with Gasteiger partial charge in [-0.2, -0.15) is 0 Å². The van der Waals surface area contributed by atoms with Crippen LogP contribution >= 0.6 is 0 Å². The van der Waals surface area contributed by atoms with Crippen LogP contribution in [0, 0.1) is 0 Å². The van der Waals surface area contributed by atoms with E-state index in [0.29, 0.717) is 0 Å². The Labute approximate surface area is 115 Å². The molecule has 1 unspecified atom stereocenters. The molecule has 4 nitrogen and oxygen atoms in total. The van der Waals surface area contributed by atoms with E-state index in [2.05, 4.69) is 5.32 Å². The van der Waals surface area contributed by atoms with Gasteiger partial charge in [-0.05, 0) is 44.9 Å². The van der Waals surface area contributed by atoms with Crippen molar-refractivity contribution in [1.82, 2.24) is 5.32 Å². The van der Waals surface area contributed by atoms with E-state index in [1.54, 1.807) is 0 Å². The van der Waals surface area contributed by atoms with E-state index in [1.807, 2.05) is 6.92 Å². The molecule has 4 heteroatoms. The molecule has 0 spiro atoms. The van der Waals surface area contributed by atoms with E-state index >= 15 is 0 Å². The number of hydrogen-bond donors (Lipinski definition) is 2. The highest BCUT2D eigenvalue weighted by Crippen LogP contribution is 2.23. The lowest BCUT2D eigenvalue weighted by atomic mass is 9.93. The number of aliphatic hydroxyl groups excluding tert-OH is 1. The lowest BCUT2D eigenvalue weighted by Gasteiger charge is -2.28. The summed E-state index contributed by atoms with van der Waals surface area (Å²) in [5.41, 5.74) is 0. The van der Waals surface area contributed by atoms with Crippen molar-refractivity contribution in [2.24, 2.45) is 0 Å². The first kappa shape index (κ1) is 14.8. The summed E-state index contributed by atoms with van der Waals surface area (Å²) in [5, 5.41) is 12.6. The molecule has 2 saturated carbocycles. The van der Waals surface area contributed by atoms with Crippen molar-refractivity contribution in [3.05, 3.63) is 0 Å². The first-order valence-corrected chi connectivity index (χ1v) is 7.83. The van der Waals surface area contributed by atoms with Gasteiger partial charge in [0.1, 0.15) is 6.10 Å². The summed E-state index contributed by atoms with van der Waals surface area (Å²) in [4.78, 5) is 12.2. The fourth-order valence-corrected chi connectivity index (χ4v) is 3.11. The maximum Gasteiger partial charge on any atom is 0.249 e. The van der Waals surface area contributed by atoms with Gasteiger partial charge in [-0.15, -0.1) is 0 Å². The molecule has 0 aromatic rings. The van der Waals surface area contributed by atoms with Crippen LogP contribution in [0.25, 0.3) is 0 Å². The Morgan fingerprint density at radius 2 is 1.84 bits per heavy atom. The zero-order valence-corrected chi connectivity index (χ0v) is 11.9. The molecule has 19 heavy (non-hydrogen) atoms. The third-order valence-electron chi connectivity index (χ3n) is 4.37. The zero-order valence-electron chi connectivity index (χ0n) is 11.9. The lowest BCUT2D eigenvalue weighted by Crippen LogP contribution is -2.45. The van der Waals surface area contributed by atoms with Gasteiger partial charge in [-0.3, -0.25) is 4.79 Å². The van der Waals surface area contributed by atoms with E-state index in [-0.39, 0.29) is 30.3 Å². The smallest absolute Gasteiger partial charge is 0.249 e. The predicted octanol–water partition coefficient (Wildman–Crippen LogP) is 2.14. The van der Waals surface area contributed by atoms with E-state index in [4.69, 9.17) is 4.74 Å². The molecule has 0 radical (unpaired) electrons. The number of nitrogens with one attached hydrogen (secondary N) is 1. The minimum absolute atomic E-state index is 0.0378. The molecule has 110 valence electrons. The standard InChI is InChI=1S/C15H27NO3/c1-2-14(19-13-5-3-4-6-13)15(18)16-11-7-9-12(17)10-8-11/h11-14,17H,2-10H2,1H3,(H,16,18). The number of ether oxygens (including phenoxy) is 1. The second-order valence-corrected chi connectivity index (χ2v) is 5.95. The molecule has 0 aromatic carbocycles. The fourth-order valence-electron chi connectivity index (χ4n) is 3.11. The van der Waals surface area contributed by atoms with Gasteiger partial charge in [0.05, 0.1) is 12.2 Å². The first-order chi connectivity index (χ1) is 9.19. The van der Waals surface area contributed by atoms with E-state index in [1.165, 1.54) is 12.8 Å². The predicted molar refractivity (Wildman–Crippen MR) is 73.8 cm³/mol. The monoisotopic (exact) mass is 269 g/mol. The number of aliphatic hydroxyl groups is 1. The highest BCUT2D eigenvalue weighted by atomic mass is 16.5. The molecule has 0 heterocycles. The number of amides is 1. The maximum absolute atomic E-state index is 12.2. The van der Waals surface area contributed by atoms with Gasteiger partial charge in [0.15, 0.2) is 0 Å². The summed E-state index contributed by atoms with van der Waals surface area (Å²) in [5.74, 6) is 0.0378. The first-order valence-electron chi connectivity index (χ1n) is 7.83. The van der Waals surface area contributed by atoms with Gasteiger partial charge in [0.2, 0.25) is 5.91 Å². The summed E-state index contributed by atoms with van der Waals surface area (Å²) >= 11 is 0. The van der Waals surface area contributed by atoms with Crippen LogP contribution in [0.5, 0.6) is 0 Å². The van der Waals surface area contributed by atoms with Crippen molar-refractivity contribution in [3.63, 3.8) is 0 Å². The third kappa shape index (κ3) is 4.46. The minimum Gasteiger partial charge on any atom is -0.393 e. The van der Waals surface area contributed by atoms with Crippen molar-refractivity contribution in [3.8, 4) is 0 Å². The molecule has 2 fully saturated rings. The largest absolute Gasteiger partial charge is 0.393 e. The quantitative estimate of drug-likeness (QED) is 0.804. The van der Waals surface area contributed by atoms with E-state index in [9.17, 15) is 9.90 Å². The second-order valence-electron chi connectivity index (χ2n) is 5.95. The van der Waals surface area contributed by atoms with Crippen LogP contribution in [0.15, 0.2) is 0 Å². The molecule has 0 saturated heterocycles. The molecule has 0 aliphatic heterocycles. The summed E-state index contributed by atoms with van der Waals surface area (Å²) in [6.45, 7) is 2.00. The van der Waals surface area contributed by atoms with Crippen LogP contribution in [0.4, 0.5) is 0 Å². The average molecular weight is 269 g/mol. The number of carbonyl (C=O) groups is 1. The van der Waals surface area contributed by atoms with Crippen LogP contribution in [0.1, 0.15) is 64.7 Å². The number of hydrogen-bond acceptors (Lipinski definition) is 3. The Morgan fingerprint density at radius 3 is 2.42 bits per heavy atom. The molecule has 0 aromatic heterocycles. The SMILES string of the molecule is CCC(OC1CCCC1)C(=O)NC1CCC(O)CC1. The second kappa shape index (κ2) is 7.25. The molecular weight excluding hydrogens is 242 g/mol. The van der Waals surface area contributed by atoms with Crippen LogP contribution in [-0.4, -0.2) is 35.4 Å². The van der Waals surface area contributed by atoms with Gasteiger partial charge >= 0.3 is 0 Å². The fraction of sp³-hybridized carbons (Fsp3) is 0.933. The van der Waals surface area contributed by atoms with Gasteiger partial charge in [-0.1, -0.05) is 19.8 Å². The Morgan fingerprint density at radius 1 is 1.21 bits per heavy atom. The van der Waals surface area contributed by atoms with Crippen molar-refractivity contribution in [1.29, 1.82) is 0 Å². The molecule has 0 bridgehead atoms. The molecule has 1 amide bonds. The molecule has 2 rings (SSSR count). The Balaban J connectivity index is 1.76. The van der Waals surface area contributed by atoms with Crippen molar-refractivity contribution in [2.75, 3.05) is 0 Å². The van der Waals surface area contributed by atoms with Gasteiger partial charge < -0.3 is 15.2 Å². The average Bonchev–Trinajstić information content (AvgIpc) is 2.91. The van der Waals surface area contributed by atoms with E-state index < -0.39 is 0 Å². The Kier molecular flexibility index (Phi) is 5.64. The maximum atomic E-state index is 12.2. The normalized spacial score (nSPS) is 30.2. The van der Waals surface area contributed by atoms with Crippen LogP contribution in [0.3, 0.4) is 0 Å². The van der Waals surface area contributed by atoms with Gasteiger partial charge in [0, 0.05) is 6.04 Å². The van der Waals surface area contributed by atoms with Crippen LogP contribution in [-0.2, 0) is 9.53 Å². The molecular formula is C15H27NO3. The highest BCUT2D eigenvalue weighted by Gasteiger charge is 2.27. The van der Waals surface area contributed by atoms with Crippen LogP contribution in [0.2, 0.25) is 0 Å². The van der Waals surface area contributed by atoms with Crippen molar-refractivity contribution in [2.45, 2.75) is 89.1 Å². The zero-order chi connectivity index (χ0) is 13.7. The molecule has 2 aliphatic rings. The van der Waals surface area contributed by atoms with E-state index in [0.717, 1.165) is 44.9 Å². The summed E-state index contributed by atoms with van der Waals surface area (Å²) in [7, 11) is 0. The lowest BCUT2D eigenvalue weighted by molar-refractivity contribution is -0.137.